The minimum Gasteiger partial charge on any atom is -0.450 e. The smallest absolute Gasteiger partial charge is 0.450 e. The number of rotatable bonds is 3. The Bertz CT molecular complexity index is 244. The molecule has 0 bridgehead atoms. The lowest BCUT2D eigenvalue weighted by Gasteiger charge is -2.22. The molecule has 1 rings (SSSR count). The predicted molar refractivity (Wildman–Crippen MR) is 62.2 cm³/mol. The molecule has 0 saturated heterocycles. The molecule has 3 N–H and O–H groups in total. The fourth-order valence-electron chi connectivity index (χ4n) is 1.59. The van der Waals surface area contributed by atoms with Crippen LogP contribution in [-0.2, 0) is 4.74 Å². The van der Waals surface area contributed by atoms with E-state index in [0.29, 0.717) is 12.6 Å². The van der Waals surface area contributed by atoms with Crippen molar-refractivity contribution < 1.29 is 24.5 Å². The number of carbonyl (C=O) groups is 2. The summed E-state index contributed by atoms with van der Waals surface area (Å²) in [5.41, 5.74) is 0. The van der Waals surface area contributed by atoms with E-state index in [1.807, 2.05) is 0 Å². The second kappa shape index (κ2) is 9.50. The first-order chi connectivity index (χ1) is 8.06. The Labute approximate surface area is 100 Å². The summed E-state index contributed by atoms with van der Waals surface area (Å²) in [6, 6.07) is 0.325. The maximum absolute atomic E-state index is 11.1. The molecule has 1 amide bonds. The van der Waals surface area contributed by atoms with Crippen LogP contribution in [0, 0.1) is 0 Å². The Morgan fingerprint density at radius 2 is 1.82 bits per heavy atom. The second-order valence-electron chi connectivity index (χ2n) is 3.65. The standard InChI is InChI=1S/C10H17NO2.CH2O3/c1-2-8-13-10(12)11-9-6-4-3-5-7-9;2-1(3)4/h2,9H,1,3-8H2,(H,11,12);(H2,2,3,4). The fourth-order valence-corrected chi connectivity index (χ4v) is 1.59. The summed E-state index contributed by atoms with van der Waals surface area (Å²) in [4.78, 5) is 19.6. The third-order valence-electron chi connectivity index (χ3n) is 2.26. The van der Waals surface area contributed by atoms with E-state index < -0.39 is 6.16 Å². The Morgan fingerprint density at radius 3 is 2.29 bits per heavy atom. The summed E-state index contributed by atoms with van der Waals surface area (Å²) in [5.74, 6) is 0. The van der Waals surface area contributed by atoms with Gasteiger partial charge in [-0.25, -0.2) is 9.59 Å². The van der Waals surface area contributed by atoms with Gasteiger partial charge < -0.3 is 20.3 Å². The number of ether oxygens (including phenoxy) is 1. The van der Waals surface area contributed by atoms with Crippen LogP contribution >= 0.6 is 0 Å². The Hall–Kier alpha value is -1.72. The molecule has 98 valence electrons. The van der Waals surface area contributed by atoms with Crippen molar-refractivity contribution in [2.45, 2.75) is 38.1 Å². The quantitative estimate of drug-likeness (QED) is 0.664. The fraction of sp³-hybridized carbons (Fsp3) is 0.636. The minimum absolute atomic E-state index is 0.290. The van der Waals surface area contributed by atoms with Crippen LogP contribution in [-0.4, -0.2) is 35.1 Å². The molecule has 0 aromatic heterocycles. The van der Waals surface area contributed by atoms with Crippen molar-refractivity contribution in [2.24, 2.45) is 0 Å². The SMILES string of the molecule is C=CCOC(=O)NC1CCCCC1.O=C(O)O. The van der Waals surface area contributed by atoms with Gasteiger partial charge in [-0.15, -0.1) is 0 Å². The molecule has 0 unspecified atom stereocenters. The Morgan fingerprint density at radius 1 is 1.29 bits per heavy atom. The van der Waals surface area contributed by atoms with Gasteiger partial charge in [0.25, 0.3) is 0 Å². The first-order valence-electron chi connectivity index (χ1n) is 5.52. The number of nitrogens with one attached hydrogen (secondary N) is 1. The third kappa shape index (κ3) is 10.6. The average molecular weight is 245 g/mol. The summed E-state index contributed by atoms with van der Waals surface area (Å²) >= 11 is 0. The summed E-state index contributed by atoms with van der Waals surface area (Å²) < 4.78 is 4.83. The van der Waals surface area contributed by atoms with Gasteiger partial charge in [0.1, 0.15) is 6.61 Å². The third-order valence-corrected chi connectivity index (χ3v) is 2.26. The molecule has 1 fully saturated rings. The monoisotopic (exact) mass is 245 g/mol. The van der Waals surface area contributed by atoms with Crippen LogP contribution in [0.4, 0.5) is 9.59 Å². The number of carboxylic acid groups (broad SMARTS) is 2. The molecule has 0 aromatic rings. The van der Waals surface area contributed by atoms with Crippen LogP contribution in [0.3, 0.4) is 0 Å². The summed E-state index contributed by atoms with van der Waals surface area (Å²) in [6.45, 7) is 3.76. The van der Waals surface area contributed by atoms with E-state index in [1.165, 1.54) is 19.3 Å². The predicted octanol–water partition coefficient (Wildman–Crippen LogP) is 2.45. The second-order valence-corrected chi connectivity index (χ2v) is 3.65. The van der Waals surface area contributed by atoms with Crippen molar-refractivity contribution in [1.82, 2.24) is 5.32 Å². The molecule has 6 nitrogen and oxygen atoms in total. The number of alkyl carbamates (subject to hydrolysis) is 1. The molecule has 1 saturated carbocycles. The van der Waals surface area contributed by atoms with Crippen LogP contribution in [0.1, 0.15) is 32.1 Å². The van der Waals surface area contributed by atoms with Crippen molar-refractivity contribution >= 4 is 12.2 Å². The van der Waals surface area contributed by atoms with Crippen molar-refractivity contribution in [3.05, 3.63) is 12.7 Å². The van der Waals surface area contributed by atoms with Gasteiger partial charge in [-0.2, -0.15) is 0 Å². The Kier molecular flexibility index (Phi) is 8.54. The van der Waals surface area contributed by atoms with Crippen molar-refractivity contribution in [3.63, 3.8) is 0 Å². The largest absolute Gasteiger partial charge is 0.503 e. The molecule has 0 atom stereocenters. The van der Waals surface area contributed by atoms with E-state index in [4.69, 9.17) is 19.7 Å². The molecule has 1 aliphatic carbocycles. The van der Waals surface area contributed by atoms with E-state index in [9.17, 15) is 4.79 Å². The molecule has 0 heterocycles. The first kappa shape index (κ1) is 15.3. The maximum Gasteiger partial charge on any atom is 0.503 e. The van der Waals surface area contributed by atoms with Gasteiger partial charge in [0.15, 0.2) is 0 Å². The highest BCUT2D eigenvalue weighted by atomic mass is 16.6. The molecule has 0 aliphatic heterocycles. The summed E-state index contributed by atoms with van der Waals surface area (Å²) in [7, 11) is 0. The molecular weight excluding hydrogens is 226 g/mol. The highest BCUT2D eigenvalue weighted by molar-refractivity contribution is 5.67. The van der Waals surface area contributed by atoms with Gasteiger partial charge in [0.05, 0.1) is 0 Å². The van der Waals surface area contributed by atoms with Crippen LogP contribution in [0.25, 0.3) is 0 Å². The number of amides is 1. The summed E-state index contributed by atoms with van der Waals surface area (Å²) in [6.07, 6.45) is 5.32. The van der Waals surface area contributed by atoms with E-state index in [0.717, 1.165) is 12.8 Å². The topological polar surface area (TPSA) is 95.9 Å². The molecule has 1 aliphatic rings. The molecular formula is C11H19NO5. The number of carbonyl (C=O) groups excluding carboxylic acids is 1. The zero-order valence-electron chi connectivity index (χ0n) is 9.72. The van der Waals surface area contributed by atoms with E-state index in [2.05, 4.69) is 11.9 Å². The zero-order chi connectivity index (χ0) is 13.1. The van der Waals surface area contributed by atoms with Gasteiger partial charge in [0, 0.05) is 6.04 Å². The van der Waals surface area contributed by atoms with Gasteiger partial charge in [-0.3, -0.25) is 0 Å². The Balaban J connectivity index is 0.000000557. The average Bonchev–Trinajstić information content (AvgIpc) is 2.27. The van der Waals surface area contributed by atoms with E-state index in [1.54, 1.807) is 6.08 Å². The van der Waals surface area contributed by atoms with Gasteiger partial charge in [0.2, 0.25) is 0 Å². The lowest BCUT2D eigenvalue weighted by atomic mass is 9.96. The van der Waals surface area contributed by atoms with Crippen LogP contribution in [0.5, 0.6) is 0 Å². The van der Waals surface area contributed by atoms with Crippen LogP contribution in [0.15, 0.2) is 12.7 Å². The van der Waals surface area contributed by atoms with E-state index in [-0.39, 0.29) is 6.09 Å². The van der Waals surface area contributed by atoms with E-state index >= 15 is 0 Å². The highest BCUT2D eigenvalue weighted by Gasteiger charge is 2.15. The normalized spacial score (nSPS) is 15.1. The minimum atomic E-state index is -1.83. The highest BCUT2D eigenvalue weighted by Crippen LogP contribution is 2.17. The lowest BCUT2D eigenvalue weighted by Crippen LogP contribution is -2.36. The number of hydrogen-bond acceptors (Lipinski definition) is 3. The maximum atomic E-state index is 11.1. The van der Waals surface area contributed by atoms with Crippen molar-refractivity contribution in [3.8, 4) is 0 Å². The van der Waals surface area contributed by atoms with Gasteiger partial charge >= 0.3 is 12.2 Å². The molecule has 0 radical (unpaired) electrons. The molecule has 6 heteroatoms. The molecule has 0 spiro atoms. The van der Waals surface area contributed by atoms with Gasteiger partial charge in [-0.05, 0) is 12.8 Å². The first-order valence-corrected chi connectivity index (χ1v) is 5.52. The zero-order valence-corrected chi connectivity index (χ0v) is 9.72. The lowest BCUT2D eigenvalue weighted by molar-refractivity contribution is 0.136. The van der Waals surface area contributed by atoms with Crippen LogP contribution < -0.4 is 5.32 Å². The summed E-state index contributed by atoms with van der Waals surface area (Å²) in [5, 5.41) is 16.8. The number of hydrogen-bond donors (Lipinski definition) is 3. The molecule has 0 aromatic carbocycles. The van der Waals surface area contributed by atoms with Gasteiger partial charge in [-0.1, -0.05) is 31.9 Å². The molecule has 17 heavy (non-hydrogen) atoms. The van der Waals surface area contributed by atoms with Crippen molar-refractivity contribution in [2.75, 3.05) is 6.61 Å². The van der Waals surface area contributed by atoms with Crippen LogP contribution in [0.2, 0.25) is 0 Å². The van der Waals surface area contributed by atoms with Crippen molar-refractivity contribution in [1.29, 1.82) is 0 Å².